The first-order valence-corrected chi connectivity index (χ1v) is 7.94. The van der Waals surface area contributed by atoms with E-state index < -0.39 is 23.4 Å². The smallest absolute Gasteiger partial charge is 0.265 e. The molecule has 0 fully saturated rings. The lowest BCUT2D eigenvalue weighted by molar-refractivity contribution is 0.103. The molecule has 1 heterocycles. The molecule has 2 aromatic rings. The fraction of sp³-hybridized carbons (Fsp3) is 0.312. The molecule has 1 N–H and O–H groups in total. The van der Waals surface area contributed by atoms with Crippen molar-refractivity contribution in [2.45, 2.75) is 32.1 Å². The van der Waals surface area contributed by atoms with Crippen molar-refractivity contribution in [2.75, 3.05) is 5.32 Å². The number of aryl methyl sites for hydroxylation is 2. The number of hydrogen-bond donors (Lipinski definition) is 1. The molecule has 3 rings (SSSR count). The molecule has 116 valence electrons. The van der Waals surface area contributed by atoms with Gasteiger partial charge in [-0.1, -0.05) is 6.42 Å². The van der Waals surface area contributed by atoms with E-state index in [1.165, 1.54) is 28.2 Å². The summed E-state index contributed by atoms with van der Waals surface area (Å²) in [6, 6.07) is 3.63. The molecule has 1 amide bonds. The maximum atomic E-state index is 13.6. The third-order valence-corrected chi connectivity index (χ3v) is 4.99. The van der Waals surface area contributed by atoms with Crippen LogP contribution in [0.1, 0.15) is 39.4 Å². The van der Waals surface area contributed by atoms with Crippen LogP contribution in [0.3, 0.4) is 0 Å². The molecule has 0 saturated heterocycles. The van der Waals surface area contributed by atoms with Gasteiger partial charge in [-0.2, -0.15) is 0 Å². The molecule has 0 aliphatic heterocycles. The fourth-order valence-electron chi connectivity index (χ4n) is 2.59. The summed E-state index contributed by atoms with van der Waals surface area (Å²) >= 11 is 1.39. The summed E-state index contributed by atoms with van der Waals surface area (Å²) in [6.45, 7) is 0. The van der Waals surface area contributed by atoms with Crippen LogP contribution in [-0.2, 0) is 12.8 Å². The Morgan fingerprint density at radius 3 is 2.64 bits per heavy atom. The molecule has 22 heavy (non-hydrogen) atoms. The Labute approximate surface area is 130 Å². The molecular weight excluding hydrogens is 311 g/mol. The van der Waals surface area contributed by atoms with Gasteiger partial charge in [-0.05, 0) is 49.4 Å². The minimum Gasteiger partial charge on any atom is -0.319 e. The van der Waals surface area contributed by atoms with E-state index in [2.05, 4.69) is 5.32 Å². The summed E-state index contributed by atoms with van der Waals surface area (Å²) < 4.78 is 39.7. The largest absolute Gasteiger partial charge is 0.319 e. The number of fused-ring (bicyclic) bond motifs is 1. The average Bonchev–Trinajstić information content (AvgIpc) is 2.79. The number of thiophene rings is 1. The van der Waals surface area contributed by atoms with Crippen LogP contribution in [0.15, 0.2) is 18.2 Å². The van der Waals surface area contributed by atoms with Gasteiger partial charge in [-0.15, -0.1) is 11.3 Å². The standard InChI is InChI=1S/C16H14F3NOS/c17-10-6-7-11(15(19)14(10)18)20-16(21)13-8-9-4-2-1-3-5-12(9)22-13/h6-8H,1-5H2,(H,20,21). The van der Waals surface area contributed by atoms with Gasteiger partial charge < -0.3 is 5.32 Å². The Bertz CT molecular complexity index is 703. The Morgan fingerprint density at radius 1 is 1.05 bits per heavy atom. The van der Waals surface area contributed by atoms with E-state index in [4.69, 9.17) is 0 Å². The molecular formula is C16H14F3NOS. The number of anilines is 1. The van der Waals surface area contributed by atoms with Gasteiger partial charge in [0, 0.05) is 4.88 Å². The second kappa shape index (κ2) is 6.12. The third kappa shape index (κ3) is 2.88. The monoisotopic (exact) mass is 325 g/mol. The molecule has 0 saturated carbocycles. The quantitative estimate of drug-likeness (QED) is 0.630. The number of benzene rings is 1. The summed E-state index contributed by atoms with van der Waals surface area (Å²) in [7, 11) is 0. The Hall–Kier alpha value is -1.82. The van der Waals surface area contributed by atoms with Gasteiger partial charge in [0.05, 0.1) is 10.6 Å². The highest BCUT2D eigenvalue weighted by atomic mass is 32.1. The molecule has 0 radical (unpaired) electrons. The summed E-state index contributed by atoms with van der Waals surface area (Å²) in [6.07, 6.45) is 5.28. The molecule has 1 aliphatic carbocycles. The number of rotatable bonds is 2. The van der Waals surface area contributed by atoms with Crippen molar-refractivity contribution in [1.82, 2.24) is 0 Å². The average molecular weight is 325 g/mol. The number of nitrogens with one attached hydrogen (secondary N) is 1. The number of carbonyl (C=O) groups excluding carboxylic acids is 1. The second-order valence-electron chi connectivity index (χ2n) is 5.30. The zero-order chi connectivity index (χ0) is 15.7. The zero-order valence-electron chi connectivity index (χ0n) is 11.7. The first kappa shape index (κ1) is 15.1. The summed E-state index contributed by atoms with van der Waals surface area (Å²) in [5, 5.41) is 2.31. The van der Waals surface area contributed by atoms with Crippen molar-refractivity contribution in [3.8, 4) is 0 Å². The van der Waals surface area contributed by atoms with Gasteiger partial charge in [-0.3, -0.25) is 4.79 Å². The van der Waals surface area contributed by atoms with E-state index in [0.717, 1.165) is 37.8 Å². The molecule has 0 spiro atoms. The summed E-state index contributed by atoms with van der Waals surface area (Å²) in [5.41, 5.74) is 0.811. The Balaban J connectivity index is 1.82. The van der Waals surface area contributed by atoms with E-state index in [-0.39, 0.29) is 5.69 Å². The van der Waals surface area contributed by atoms with E-state index >= 15 is 0 Å². The number of amides is 1. The lowest BCUT2D eigenvalue weighted by Gasteiger charge is -2.06. The predicted octanol–water partition coefficient (Wildman–Crippen LogP) is 4.69. The van der Waals surface area contributed by atoms with Crippen LogP contribution >= 0.6 is 11.3 Å². The lowest BCUT2D eigenvalue weighted by Crippen LogP contribution is -2.12. The highest BCUT2D eigenvalue weighted by Crippen LogP contribution is 2.30. The van der Waals surface area contributed by atoms with Crippen molar-refractivity contribution in [2.24, 2.45) is 0 Å². The highest BCUT2D eigenvalue weighted by molar-refractivity contribution is 7.14. The van der Waals surface area contributed by atoms with Crippen molar-refractivity contribution in [3.63, 3.8) is 0 Å². The van der Waals surface area contributed by atoms with Crippen LogP contribution in [-0.4, -0.2) is 5.91 Å². The van der Waals surface area contributed by atoms with Crippen LogP contribution in [0, 0.1) is 17.5 Å². The maximum Gasteiger partial charge on any atom is 0.265 e. The Kier molecular flexibility index (Phi) is 4.20. The molecule has 1 aromatic carbocycles. The first-order chi connectivity index (χ1) is 10.6. The minimum atomic E-state index is -1.58. The van der Waals surface area contributed by atoms with E-state index in [1.54, 1.807) is 0 Å². The van der Waals surface area contributed by atoms with Gasteiger partial charge in [0.15, 0.2) is 17.5 Å². The SMILES string of the molecule is O=C(Nc1ccc(F)c(F)c1F)c1cc2c(s1)CCCCC2. The predicted molar refractivity (Wildman–Crippen MR) is 79.8 cm³/mol. The topological polar surface area (TPSA) is 29.1 Å². The van der Waals surface area contributed by atoms with Gasteiger partial charge >= 0.3 is 0 Å². The third-order valence-electron chi connectivity index (χ3n) is 3.75. The molecule has 2 nitrogen and oxygen atoms in total. The molecule has 0 unspecified atom stereocenters. The minimum absolute atomic E-state index is 0.354. The zero-order valence-corrected chi connectivity index (χ0v) is 12.5. The molecule has 1 aliphatic rings. The van der Waals surface area contributed by atoms with Crippen molar-refractivity contribution < 1.29 is 18.0 Å². The van der Waals surface area contributed by atoms with E-state index in [1.807, 2.05) is 6.07 Å². The van der Waals surface area contributed by atoms with Crippen molar-refractivity contribution >= 4 is 22.9 Å². The Morgan fingerprint density at radius 2 is 1.82 bits per heavy atom. The summed E-state index contributed by atoms with van der Waals surface area (Å²) in [5.74, 6) is -4.74. The number of hydrogen-bond acceptors (Lipinski definition) is 2. The molecule has 0 atom stereocenters. The molecule has 0 bridgehead atoms. The second-order valence-corrected chi connectivity index (χ2v) is 6.43. The van der Waals surface area contributed by atoms with Crippen molar-refractivity contribution in [3.05, 3.63) is 51.0 Å². The van der Waals surface area contributed by atoms with Crippen LogP contribution in [0.2, 0.25) is 0 Å². The molecule has 1 aromatic heterocycles. The number of carbonyl (C=O) groups is 1. The summed E-state index contributed by atoms with van der Waals surface area (Å²) in [4.78, 5) is 13.8. The maximum absolute atomic E-state index is 13.6. The van der Waals surface area contributed by atoms with Gasteiger partial charge in [-0.25, -0.2) is 13.2 Å². The van der Waals surface area contributed by atoms with E-state index in [0.29, 0.717) is 4.88 Å². The van der Waals surface area contributed by atoms with Gasteiger partial charge in [0.25, 0.3) is 5.91 Å². The van der Waals surface area contributed by atoms with Crippen LogP contribution in [0.25, 0.3) is 0 Å². The van der Waals surface area contributed by atoms with Gasteiger partial charge in [0.2, 0.25) is 0 Å². The lowest BCUT2D eigenvalue weighted by atomic mass is 10.1. The highest BCUT2D eigenvalue weighted by Gasteiger charge is 2.19. The normalized spacial score (nSPS) is 14.3. The fourth-order valence-corrected chi connectivity index (χ4v) is 3.73. The van der Waals surface area contributed by atoms with Crippen LogP contribution < -0.4 is 5.32 Å². The van der Waals surface area contributed by atoms with E-state index in [9.17, 15) is 18.0 Å². The van der Waals surface area contributed by atoms with Crippen LogP contribution in [0.4, 0.5) is 18.9 Å². The number of halogens is 3. The van der Waals surface area contributed by atoms with Crippen molar-refractivity contribution in [1.29, 1.82) is 0 Å². The van der Waals surface area contributed by atoms with Gasteiger partial charge in [0.1, 0.15) is 0 Å². The molecule has 6 heteroatoms. The van der Waals surface area contributed by atoms with Crippen LogP contribution in [0.5, 0.6) is 0 Å². The first-order valence-electron chi connectivity index (χ1n) is 7.12.